The van der Waals surface area contributed by atoms with Gasteiger partial charge in [0.15, 0.2) is 5.94 Å². The van der Waals surface area contributed by atoms with Gasteiger partial charge in [-0.15, -0.1) is 0 Å². The predicted molar refractivity (Wildman–Crippen MR) is 58.5 cm³/mol. The van der Waals surface area contributed by atoms with E-state index in [1.54, 1.807) is 10.9 Å². The molecule has 0 spiro atoms. The van der Waals surface area contributed by atoms with Crippen molar-refractivity contribution < 1.29 is 13.2 Å². The van der Waals surface area contributed by atoms with Gasteiger partial charge in [-0.2, -0.15) is 9.40 Å². The van der Waals surface area contributed by atoms with Crippen LogP contribution in [0.25, 0.3) is 0 Å². The summed E-state index contributed by atoms with van der Waals surface area (Å²) >= 11 is 5.70. The Labute approximate surface area is 98.8 Å². The molecule has 1 fully saturated rings. The van der Waals surface area contributed by atoms with E-state index < -0.39 is 10.0 Å². The van der Waals surface area contributed by atoms with Gasteiger partial charge in [0.05, 0.1) is 24.4 Å². The van der Waals surface area contributed by atoms with Crippen LogP contribution in [0.1, 0.15) is 0 Å². The molecule has 0 saturated carbocycles. The van der Waals surface area contributed by atoms with E-state index in [1.165, 1.54) is 10.5 Å². The highest BCUT2D eigenvalue weighted by Crippen LogP contribution is 2.09. The Morgan fingerprint density at radius 1 is 1.50 bits per heavy atom. The number of halogens is 1. The molecule has 0 aliphatic carbocycles. The predicted octanol–water partition coefficient (Wildman–Crippen LogP) is 0.156. The van der Waals surface area contributed by atoms with E-state index in [2.05, 4.69) is 5.10 Å². The van der Waals surface area contributed by atoms with Crippen LogP contribution in [0.2, 0.25) is 5.02 Å². The van der Waals surface area contributed by atoms with Crippen molar-refractivity contribution in [1.82, 2.24) is 14.1 Å². The topological polar surface area (TPSA) is 64.4 Å². The van der Waals surface area contributed by atoms with Crippen molar-refractivity contribution in [1.29, 1.82) is 0 Å². The minimum absolute atomic E-state index is 0.229. The quantitative estimate of drug-likeness (QED) is 0.781. The molecule has 6 nitrogen and oxygen atoms in total. The summed E-state index contributed by atoms with van der Waals surface area (Å²) in [6.07, 6.45) is 3.18. The Morgan fingerprint density at radius 2 is 2.31 bits per heavy atom. The minimum atomic E-state index is -3.25. The second-order valence-corrected chi connectivity index (χ2v) is 5.81. The highest BCUT2D eigenvalue weighted by molar-refractivity contribution is 7.88. The summed E-state index contributed by atoms with van der Waals surface area (Å²) in [6, 6.07) is 0. The highest BCUT2D eigenvalue weighted by atomic mass is 35.5. The molecular weight excluding hydrogens is 254 g/mol. The number of aromatic nitrogens is 2. The molecule has 1 saturated heterocycles. The zero-order valence-corrected chi connectivity index (χ0v) is 10.1. The summed E-state index contributed by atoms with van der Waals surface area (Å²) in [5.41, 5.74) is 0. The lowest BCUT2D eigenvalue weighted by Crippen LogP contribution is -2.42. The third kappa shape index (κ3) is 2.73. The fourth-order valence-corrected chi connectivity index (χ4v) is 2.82. The number of hydrogen-bond acceptors (Lipinski definition) is 4. The van der Waals surface area contributed by atoms with Crippen LogP contribution in [-0.2, 0) is 21.3 Å². The van der Waals surface area contributed by atoms with Crippen molar-refractivity contribution in [2.45, 2.75) is 6.54 Å². The van der Waals surface area contributed by atoms with Crippen molar-refractivity contribution in [2.24, 2.45) is 0 Å². The van der Waals surface area contributed by atoms with E-state index in [0.29, 0.717) is 31.3 Å². The molecule has 2 heterocycles. The maximum absolute atomic E-state index is 11.6. The van der Waals surface area contributed by atoms with Crippen LogP contribution >= 0.6 is 11.6 Å². The molecule has 2 rings (SSSR count). The standard InChI is InChI=1S/C8H12ClN3O3S/c9-8-5-10-11(6-8)1-2-12-3-4-15-7-16(12,13)14/h5-6H,1-4,7H2. The maximum atomic E-state index is 11.6. The second kappa shape index (κ2) is 4.70. The van der Waals surface area contributed by atoms with Crippen LogP contribution in [-0.4, -0.2) is 48.1 Å². The lowest BCUT2D eigenvalue weighted by atomic mass is 10.5. The summed E-state index contributed by atoms with van der Waals surface area (Å²) in [7, 11) is -3.25. The van der Waals surface area contributed by atoms with Crippen LogP contribution < -0.4 is 0 Å². The average Bonchev–Trinajstić information content (AvgIpc) is 2.62. The smallest absolute Gasteiger partial charge is 0.238 e. The van der Waals surface area contributed by atoms with Gasteiger partial charge in [-0.1, -0.05) is 11.6 Å². The molecular formula is C8H12ClN3O3S. The number of rotatable bonds is 3. The first kappa shape index (κ1) is 11.8. The molecule has 16 heavy (non-hydrogen) atoms. The molecule has 0 aromatic carbocycles. The summed E-state index contributed by atoms with van der Waals surface area (Å²) in [4.78, 5) is 0. The van der Waals surface area contributed by atoms with Crippen molar-refractivity contribution >= 4 is 21.6 Å². The van der Waals surface area contributed by atoms with Gasteiger partial charge in [0, 0.05) is 19.3 Å². The molecule has 0 N–H and O–H groups in total. The second-order valence-electron chi connectivity index (χ2n) is 3.46. The lowest BCUT2D eigenvalue weighted by Gasteiger charge is -2.26. The van der Waals surface area contributed by atoms with Gasteiger partial charge in [0.2, 0.25) is 10.0 Å². The van der Waals surface area contributed by atoms with E-state index in [-0.39, 0.29) is 5.94 Å². The zero-order valence-electron chi connectivity index (χ0n) is 8.54. The molecule has 1 aliphatic rings. The van der Waals surface area contributed by atoms with Crippen LogP contribution in [0.4, 0.5) is 0 Å². The van der Waals surface area contributed by atoms with Crippen LogP contribution in [0, 0.1) is 0 Å². The zero-order chi connectivity index (χ0) is 11.6. The Morgan fingerprint density at radius 3 is 2.94 bits per heavy atom. The molecule has 0 amide bonds. The molecule has 0 unspecified atom stereocenters. The van der Waals surface area contributed by atoms with E-state index in [1.807, 2.05) is 0 Å². The SMILES string of the molecule is O=S1(=O)COCCN1CCn1cc(Cl)cn1. The van der Waals surface area contributed by atoms with Crippen molar-refractivity contribution in [3.8, 4) is 0 Å². The molecule has 1 aliphatic heterocycles. The van der Waals surface area contributed by atoms with E-state index in [4.69, 9.17) is 16.3 Å². The van der Waals surface area contributed by atoms with Crippen LogP contribution in [0.3, 0.4) is 0 Å². The maximum Gasteiger partial charge on any atom is 0.238 e. The first-order valence-electron chi connectivity index (χ1n) is 4.81. The van der Waals surface area contributed by atoms with Crippen molar-refractivity contribution in [2.75, 3.05) is 25.6 Å². The lowest BCUT2D eigenvalue weighted by molar-refractivity contribution is 0.131. The third-order valence-electron chi connectivity index (χ3n) is 2.29. The van der Waals surface area contributed by atoms with Gasteiger partial charge in [0.25, 0.3) is 0 Å². The fourth-order valence-electron chi connectivity index (χ4n) is 1.47. The van der Waals surface area contributed by atoms with Gasteiger partial charge in [-0.25, -0.2) is 8.42 Å². The highest BCUT2D eigenvalue weighted by Gasteiger charge is 2.25. The third-order valence-corrected chi connectivity index (χ3v) is 4.10. The van der Waals surface area contributed by atoms with Crippen LogP contribution in [0.5, 0.6) is 0 Å². The number of ether oxygens (including phenoxy) is 1. The van der Waals surface area contributed by atoms with Crippen molar-refractivity contribution in [3.05, 3.63) is 17.4 Å². The first-order valence-corrected chi connectivity index (χ1v) is 6.80. The van der Waals surface area contributed by atoms with Gasteiger partial charge >= 0.3 is 0 Å². The van der Waals surface area contributed by atoms with Gasteiger partial charge in [-0.3, -0.25) is 4.68 Å². The first-order chi connectivity index (χ1) is 7.58. The average molecular weight is 266 g/mol. The van der Waals surface area contributed by atoms with Gasteiger partial charge < -0.3 is 4.74 Å². The van der Waals surface area contributed by atoms with Crippen LogP contribution in [0.15, 0.2) is 12.4 Å². The number of sulfonamides is 1. The van der Waals surface area contributed by atoms with E-state index >= 15 is 0 Å². The summed E-state index contributed by atoms with van der Waals surface area (Å²) < 4.78 is 31.0. The fraction of sp³-hybridized carbons (Fsp3) is 0.625. The normalized spacial score (nSPS) is 21.1. The monoisotopic (exact) mass is 265 g/mol. The summed E-state index contributed by atoms with van der Waals surface area (Å²) in [6.45, 7) is 1.73. The minimum Gasteiger partial charge on any atom is -0.363 e. The molecule has 0 atom stereocenters. The molecule has 1 aromatic rings. The number of nitrogens with zero attached hydrogens (tertiary/aromatic N) is 3. The number of hydrogen-bond donors (Lipinski definition) is 0. The Hall–Kier alpha value is -0.630. The largest absolute Gasteiger partial charge is 0.363 e. The van der Waals surface area contributed by atoms with Gasteiger partial charge in [0.1, 0.15) is 0 Å². The molecule has 1 aromatic heterocycles. The van der Waals surface area contributed by atoms with E-state index in [9.17, 15) is 8.42 Å². The molecule has 8 heteroatoms. The Bertz CT molecular complexity index is 459. The molecule has 0 bridgehead atoms. The Kier molecular flexibility index (Phi) is 3.48. The molecule has 90 valence electrons. The van der Waals surface area contributed by atoms with E-state index in [0.717, 1.165) is 0 Å². The summed E-state index contributed by atoms with van der Waals surface area (Å²) in [5.74, 6) is -0.229. The van der Waals surface area contributed by atoms with Crippen molar-refractivity contribution in [3.63, 3.8) is 0 Å². The summed E-state index contributed by atoms with van der Waals surface area (Å²) in [5, 5.41) is 4.53. The van der Waals surface area contributed by atoms with Gasteiger partial charge in [-0.05, 0) is 0 Å². The Balaban J connectivity index is 1.94. The molecule has 0 radical (unpaired) electrons.